The number of nitrogens with two attached hydrogens (primary N) is 1. The molecule has 0 radical (unpaired) electrons. The molecular weight excluding hydrogens is 281 g/mol. The molecule has 0 aromatic heterocycles. The van der Waals surface area contributed by atoms with Gasteiger partial charge in [-0.05, 0) is 30.7 Å². The average Bonchev–Trinajstić information content (AvgIpc) is 2.45. The Morgan fingerprint density at radius 2 is 1.90 bits per heavy atom. The Balaban J connectivity index is 2.24. The first-order chi connectivity index (χ1) is 10.0. The summed E-state index contributed by atoms with van der Waals surface area (Å²) in [5, 5.41) is 2.15. The number of benzene rings is 2. The van der Waals surface area contributed by atoms with Crippen LogP contribution in [0.25, 0.3) is 0 Å². The Bertz CT molecular complexity index is 674. The Kier molecular flexibility index (Phi) is 4.59. The second-order valence-corrected chi connectivity index (χ2v) is 4.44. The standard InChI is InChI=1S/C15H13F3N2O/c16-11-7-12(17)14(18)13(8-11)20-15(21)10-3-1-2-9(6-10)4-5-19/h1-3,6-8H,4-5,19H2,(H,20,21). The zero-order valence-corrected chi connectivity index (χ0v) is 11.0. The predicted octanol–water partition coefficient (Wildman–Crippen LogP) is 2.86. The van der Waals surface area contributed by atoms with Crippen molar-refractivity contribution in [2.45, 2.75) is 6.42 Å². The SMILES string of the molecule is NCCc1cccc(C(=O)Nc2cc(F)cc(F)c2F)c1. The van der Waals surface area contributed by atoms with Crippen LogP contribution in [0.1, 0.15) is 15.9 Å². The van der Waals surface area contributed by atoms with Crippen molar-refractivity contribution in [1.29, 1.82) is 0 Å². The van der Waals surface area contributed by atoms with Gasteiger partial charge in [0.1, 0.15) is 5.82 Å². The highest BCUT2D eigenvalue weighted by atomic mass is 19.2. The molecule has 0 aliphatic heterocycles. The second kappa shape index (κ2) is 6.41. The monoisotopic (exact) mass is 294 g/mol. The van der Waals surface area contributed by atoms with Gasteiger partial charge in [0.15, 0.2) is 11.6 Å². The van der Waals surface area contributed by atoms with E-state index in [2.05, 4.69) is 5.32 Å². The van der Waals surface area contributed by atoms with E-state index in [1.165, 1.54) is 6.07 Å². The fraction of sp³-hybridized carbons (Fsp3) is 0.133. The van der Waals surface area contributed by atoms with Crippen LogP contribution < -0.4 is 11.1 Å². The Morgan fingerprint density at radius 3 is 2.62 bits per heavy atom. The largest absolute Gasteiger partial charge is 0.330 e. The highest BCUT2D eigenvalue weighted by Gasteiger charge is 2.14. The van der Waals surface area contributed by atoms with Gasteiger partial charge >= 0.3 is 0 Å². The number of nitrogens with one attached hydrogen (secondary N) is 1. The third kappa shape index (κ3) is 3.61. The number of carbonyl (C=O) groups is 1. The summed E-state index contributed by atoms with van der Waals surface area (Å²) >= 11 is 0. The molecule has 0 fully saturated rings. The van der Waals surface area contributed by atoms with Crippen molar-refractivity contribution < 1.29 is 18.0 Å². The summed E-state index contributed by atoms with van der Waals surface area (Å²) < 4.78 is 39.6. The van der Waals surface area contributed by atoms with E-state index in [0.29, 0.717) is 19.0 Å². The van der Waals surface area contributed by atoms with E-state index in [9.17, 15) is 18.0 Å². The lowest BCUT2D eigenvalue weighted by atomic mass is 10.1. The molecular formula is C15H13F3N2O. The predicted molar refractivity (Wildman–Crippen MR) is 73.5 cm³/mol. The zero-order valence-electron chi connectivity index (χ0n) is 11.0. The van der Waals surface area contributed by atoms with E-state index in [1.54, 1.807) is 18.2 Å². The zero-order chi connectivity index (χ0) is 15.4. The number of hydrogen-bond acceptors (Lipinski definition) is 2. The normalized spacial score (nSPS) is 10.5. The van der Waals surface area contributed by atoms with E-state index < -0.39 is 29.0 Å². The summed E-state index contributed by atoms with van der Waals surface area (Å²) in [6, 6.07) is 7.69. The molecule has 3 N–H and O–H groups in total. The summed E-state index contributed by atoms with van der Waals surface area (Å²) in [7, 11) is 0. The van der Waals surface area contributed by atoms with Crippen LogP contribution in [0.15, 0.2) is 36.4 Å². The van der Waals surface area contributed by atoms with E-state index in [-0.39, 0.29) is 5.56 Å². The molecule has 21 heavy (non-hydrogen) atoms. The van der Waals surface area contributed by atoms with Gasteiger partial charge in [-0.2, -0.15) is 0 Å². The molecule has 0 spiro atoms. The van der Waals surface area contributed by atoms with Gasteiger partial charge in [0.2, 0.25) is 0 Å². The molecule has 6 heteroatoms. The maximum Gasteiger partial charge on any atom is 0.255 e. The first-order valence-electron chi connectivity index (χ1n) is 6.26. The summed E-state index contributed by atoms with van der Waals surface area (Å²) in [6.45, 7) is 0.425. The third-order valence-electron chi connectivity index (χ3n) is 2.86. The minimum atomic E-state index is -1.36. The molecule has 0 saturated carbocycles. The first kappa shape index (κ1) is 15.1. The highest BCUT2D eigenvalue weighted by Crippen LogP contribution is 2.20. The molecule has 0 atom stereocenters. The highest BCUT2D eigenvalue weighted by molar-refractivity contribution is 6.04. The van der Waals surface area contributed by atoms with Gasteiger partial charge < -0.3 is 11.1 Å². The van der Waals surface area contributed by atoms with Crippen LogP contribution >= 0.6 is 0 Å². The van der Waals surface area contributed by atoms with Crippen LogP contribution in [-0.4, -0.2) is 12.5 Å². The molecule has 0 aliphatic rings. The summed E-state index contributed by atoms with van der Waals surface area (Å²) in [4.78, 5) is 12.0. The van der Waals surface area contributed by atoms with Crippen molar-refractivity contribution in [3.63, 3.8) is 0 Å². The number of amides is 1. The van der Waals surface area contributed by atoms with E-state index >= 15 is 0 Å². The molecule has 0 aliphatic carbocycles. The topological polar surface area (TPSA) is 55.1 Å². The lowest BCUT2D eigenvalue weighted by molar-refractivity contribution is 0.102. The van der Waals surface area contributed by atoms with Crippen molar-refractivity contribution in [2.75, 3.05) is 11.9 Å². The molecule has 0 heterocycles. The Morgan fingerprint density at radius 1 is 1.14 bits per heavy atom. The smallest absolute Gasteiger partial charge is 0.255 e. The molecule has 3 nitrogen and oxygen atoms in total. The molecule has 2 rings (SSSR count). The quantitative estimate of drug-likeness (QED) is 0.852. The molecule has 0 bridgehead atoms. The minimum Gasteiger partial charge on any atom is -0.330 e. The van der Waals surface area contributed by atoms with Crippen molar-refractivity contribution in [2.24, 2.45) is 5.73 Å². The Labute approximate surface area is 119 Å². The fourth-order valence-corrected chi connectivity index (χ4v) is 1.88. The van der Waals surface area contributed by atoms with Crippen LogP contribution in [0.5, 0.6) is 0 Å². The number of hydrogen-bond donors (Lipinski definition) is 2. The molecule has 2 aromatic rings. The van der Waals surface area contributed by atoms with Gasteiger partial charge in [-0.3, -0.25) is 4.79 Å². The molecule has 0 saturated heterocycles. The minimum absolute atomic E-state index is 0.255. The maximum atomic E-state index is 13.5. The summed E-state index contributed by atoms with van der Waals surface area (Å²) in [5.74, 6) is -4.29. The van der Waals surface area contributed by atoms with Crippen LogP contribution in [0.2, 0.25) is 0 Å². The summed E-state index contributed by atoms with van der Waals surface area (Å²) in [5.41, 5.74) is 5.99. The van der Waals surface area contributed by atoms with Gasteiger partial charge in [0.25, 0.3) is 5.91 Å². The summed E-state index contributed by atoms with van der Waals surface area (Å²) in [6.07, 6.45) is 0.587. The van der Waals surface area contributed by atoms with Gasteiger partial charge in [-0.25, -0.2) is 13.2 Å². The van der Waals surface area contributed by atoms with Crippen molar-refractivity contribution in [3.05, 3.63) is 65.0 Å². The van der Waals surface area contributed by atoms with Gasteiger partial charge in [-0.15, -0.1) is 0 Å². The van der Waals surface area contributed by atoms with Gasteiger partial charge in [-0.1, -0.05) is 12.1 Å². The molecule has 0 unspecified atom stereocenters. The fourth-order valence-electron chi connectivity index (χ4n) is 1.88. The second-order valence-electron chi connectivity index (χ2n) is 4.44. The molecule has 2 aromatic carbocycles. The molecule has 110 valence electrons. The average molecular weight is 294 g/mol. The van der Waals surface area contributed by atoms with Crippen LogP contribution in [0, 0.1) is 17.5 Å². The maximum absolute atomic E-state index is 13.5. The van der Waals surface area contributed by atoms with Gasteiger partial charge in [0.05, 0.1) is 5.69 Å². The van der Waals surface area contributed by atoms with Crippen molar-refractivity contribution >= 4 is 11.6 Å². The first-order valence-corrected chi connectivity index (χ1v) is 6.26. The number of anilines is 1. The van der Waals surface area contributed by atoms with Crippen molar-refractivity contribution in [1.82, 2.24) is 0 Å². The lowest BCUT2D eigenvalue weighted by Gasteiger charge is -2.08. The Hall–Kier alpha value is -2.34. The van der Waals surface area contributed by atoms with Crippen LogP contribution in [-0.2, 0) is 6.42 Å². The van der Waals surface area contributed by atoms with E-state index in [1.807, 2.05) is 0 Å². The van der Waals surface area contributed by atoms with Gasteiger partial charge in [0, 0.05) is 17.7 Å². The number of rotatable bonds is 4. The number of carbonyl (C=O) groups excluding carboxylic acids is 1. The van der Waals surface area contributed by atoms with E-state index in [0.717, 1.165) is 11.6 Å². The number of halogens is 3. The van der Waals surface area contributed by atoms with Crippen LogP contribution in [0.4, 0.5) is 18.9 Å². The molecule has 1 amide bonds. The van der Waals surface area contributed by atoms with Crippen molar-refractivity contribution in [3.8, 4) is 0 Å². The van der Waals surface area contributed by atoms with Crippen LogP contribution in [0.3, 0.4) is 0 Å². The lowest BCUT2D eigenvalue weighted by Crippen LogP contribution is -2.14. The third-order valence-corrected chi connectivity index (χ3v) is 2.86. The van der Waals surface area contributed by atoms with E-state index in [4.69, 9.17) is 5.73 Å².